The molecule has 10 heteroatoms. The van der Waals surface area contributed by atoms with Gasteiger partial charge in [-0.25, -0.2) is 4.39 Å². The highest BCUT2D eigenvalue weighted by Gasteiger charge is 2.21. The molecule has 178 valence electrons. The molecule has 1 saturated heterocycles. The van der Waals surface area contributed by atoms with E-state index in [1.807, 2.05) is 18.2 Å². The maximum atomic E-state index is 13.2. The largest absolute Gasteiger partial charge is 0.364 e. The van der Waals surface area contributed by atoms with Gasteiger partial charge in [0, 0.05) is 31.4 Å². The van der Waals surface area contributed by atoms with Crippen LogP contribution in [0.3, 0.4) is 0 Å². The molecule has 1 aromatic heterocycles. The van der Waals surface area contributed by atoms with Crippen LogP contribution in [-0.4, -0.2) is 52.6 Å². The first kappa shape index (κ1) is 23.9. The molecule has 8 nitrogen and oxygen atoms in total. The van der Waals surface area contributed by atoms with Crippen LogP contribution in [0.2, 0.25) is 0 Å². The van der Waals surface area contributed by atoms with Gasteiger partial charge < -0.3 is 15.4 Å². The number of nitrogens with zero attached hydrogens (tertiary/aromatic N) is 3. The van der Waals surface area contributed by atoms with E-state index in [0.717, 1.165) is 43.8 Å². The lowest BCUT2D eigenvalue weighted by Crippen LogP contribution is -2.45. The van der Waals surface area contributed by atoms with Crippen LogP contribution >= 0.6 is 11.3 Å². The number of anilines is 1. The Kier molecular flexibility index (Phi) is 8.29. The zero-order valence-corrected chi connectivity index (χ0v) is 19.4. The fraction of sp³-hybridized carbons (Fsp3) is 0.333. The highest BCUT2D eigenvalue weighted by Crippen LogP contribution is 2.16. The Hall–Kier alpha value is -3.21. The van der Waals surface area contributed by atoms with Crippen molar-refractivity contribution in [1.82, 2.24) is 20.4 Å². The van der Waals surface area contributed by atoms with Gasteiger partial charge in [-0.05, 0) is 36.6 Å². The summed E-state index contributed by atoms with van der Waals surface area (Å²) in [6.07, 6.45) is 1.80. The molecule has 1 aliphatic rings. The average Bonchev–Trinajstić information content (AvgIpc) is 3.30. The second-order valence-electron chi connectivity index (χ2n) is 8.06. The molecule has 2 aromatic carbocycles. The lowest BCUT2D eigenvalue weighted by atomic mass is 10.0. The predicted octanol–water partition coefficient (Wildman–Crippen LogP) is 3.23. The molecule has 0 atom stereocenters. The number of hydrogen-bond acceptors (Lipinski definition) is 7. The fourth-order valence-electron chi connectivity index (χ4n) is 3.73. The van der Waals surface area contributed by atoms with Crippen molar-refractivity contribution in [2.75, 3.05) is 25.0 Å². The number of halogens is 1. The highest BCUT2D eigenvalue weighted by atomic mass is 32.1. The molecular weight excluding hydrogens is 457 g/mol. The first-order valence-corrected chi connectivity index (χ1v) is 11.9. The van der Waals surface area contributed by atoms with Gasteiger partial charge in [0.25, 0.3) is 5.91 Å². The second kappa shape index (κ2) is 11.8. The van der Waals surface area contributed by atoms with E-state index in [1.165, 1.54) is 23.8 Å². The van der Waals surface area contributed by atoms with Crippen LogP contribution in [0, 0.1) is 5.82 Å². The molecule has 2 heterocycles. The minimum absolute atomic E-state index is 0.0772. The maximum Gasteiger partial charge on any atom is 0.286 e. The molecule has 1 aliphatic heterocycles. The van der Waals surface area contributed by atoms with Crippen molar-refractivity contribution in [3.8, 4) is 0 Å². The lowest BCUT2D eigenvalue weighted by Gasteiger charge is -2.32. The van der Waals surface area contributed by atoms with Crippen LogP contribution < -0.4 is 10.6 Å². The zero-order valence-electron chi connectivity index (χ0n) is 18.6. The summed E-state index contributed by atoms with van der Waals surface area (Å²) in [5.74, 6) is -1.10. The van der Waals surface area contributed by atoms with Gasteiger partial charge in [-0.3, -0.25) is 14.5 Å². The summed E-state index contributed by atoms with van der Waals surface area (Å²) in [4.78, 5) is 26.9. The van der Waals surface area contributed by atoms with E-state index in [0.29, 0.717) is 10.7 Å². The smallest absolute Gasteiger partial charge is 0.286 e. The van der Waals surface area contributed by atoms with Crippen molar-refractivity contribution in [3.63, 3.8) is 0 Å². The van der Waals surface area contributed by atoms with Gasteiger partial charge in [0.1, 0.15) is 24.0 Å². The number of amides is 2. The number of piperidine rings is 1. The van der Waals surface area contributed by atoms with E-state index in [9.17, 15) is 14.0 Å². The number of rotatable bonds is 9. The molecule has 34 heavy (non-hydrogen) atoms. The van der Waals surface area contributed by atoms with Gasteiger partial charge in [0.15, 0.2) is 0 Å². The number of carbonyl (C=O) groups is 2. The van der Waals surface area contributed by atoms with E-state index in [2.05, 4.69) is 37.9 Å². The Morgan fingerprint density at radius 3 is 2.65 bits per heavy atom. The van der Waals surface area contributed by atoms with Gasteiger partial charge >= 0.3 is 0 Å². The van der Waals surface area contributed by atoms with Crippen LogP contribution in [0.25, 0.3) is 0 Å². The van der Waals surface area contributed by atoms with E-state index >= 15 is 0 Å². The van der Waals surface area contributed by atoms with E-state index < -0.39 is 11.7 Å². The molecule has 0 saturated carbocycles. The zero-order chi connectivity index (χ0) is 23.8. The third kappa shape index (κ3) is 7.14. The first-order chi connectivity index (χ1) is 16.5. The summed E-state index contributed by atoms with van der Waals surface area (Å²) in [7, 11) is 0. The first-order valence-electron chi connectivity index (χ1n) is 11.1. The quantitative estimate of drug-likeness (QED) is 0.485. The molecule has 0 unspecified atom stereocenters. The standard InChI is InChI=1S/C24H26FN5O3S/c25-18-7-4-8-20(13-18)27-23(32)24-29-28-22(34-24)16-33-15-21(31)26-19-9-11-30(12-10-19)14-17-5-2-1-3-6-17/h1-8,13,19H,9-12,14-16H2,(H,26,31)(H,27,32). The highest BCUT2D eigenvalue weighted by molar-refractivity contribution is 7.13. The average molecular weight is 484 g/mol. The molecule has 0 aliphatic carbocycles. The van der Waals surface area contributed by atoms with Crippen molar-refractivity contribution in [1.29, 1.82) is 0 Å². The Balaban J connectivity index is 1.14. The summed E-state index contributed by atoms with van der Waals surface area (Å²) in [6, 6.07) is 16.1. The van der Waals surface area contributed by atoms with Gasteiger partial charge in [-0.1, -0.05) is 47.7 Å². The number of aromatic nitrogens is 2. The molecule has 0 spiro atoms. The molecule has 2 N–H and O–H groups in total. The lowest BCUT2D eigenvalue weighted by molar-refractivity contribution is -0.127. The van der Waals surface area contributed by atoms with Crippen LogP contribution in [-0.2, 0) is 22.7 Å². The number of likely N-dealkylation sites (tertiary alicyclic amines) is 1. The fourth-order valence-corrected chi connectivity index (χ4v) is 4.40. The van der Waals surface area contributed by atoms with Gasteiger partial charge in [-0.15, -0.1) is 10.2 Å². The third-order valence-corrected chi connectivity index (χ3v) is 6.30. The Labute approximate surface area is 201 Å². The van der Waals surface area contributed by atoms with E-state index in [1.54, 1.807) is 6.07 Å². The number of ether oxygens (including phenoxy) is 1. The summed E-state index contributed by atoms with van der Waals surface area (Å²) in [5, 5.41) is 14.0. The molecular formula is C24H26FN5O3S. The molecule has 1 fully saturated rings. The summed E-state index contributed by atoms with van der Waals surface area (Å²) in [6.45, 7) is 2.79. The minimum atomic E-state index is -0.481. The van der Waals surface area contributed by atoms with Crippen LogP contribution in [0.15, 0.2) is 54.6 Å². The third-order valence-electron chi connectivity index (χ3n) is 5.40. The molecule has 0 bridgehead atoms. The van der Waals surface area contributed by atoms with Gasteiger partial charge in [0.05, 0.1) is 0 Å². The Morgan fingerprint density at radius 2 is 1.88 bits per heavy atom. The summed E-state index contributed by atoms with van der Waals surface area (Å²) < 4.78 is 18.7. The van der Waals surface area contributed by atoms with Crippen molar-refractivity contribution in [3.05, 3.63) is 76.0 Å². The SMILES string of the molecule is O=C(COCc1nnc(C(=O)Nc2cccc(F)c2)s1)NC1CCN(Cc2ccccc2)CC1. The summed E-state index contributed by atoms with van der Waals surface area (Å²) in [5.41, 5.74) is 1.63. The molecule has 0 radical (unpaired) electrons. The molecule has 4 rings (SSSR count). The maximum absolute atomic E-state index is 13.2. The van der Waals surface area contributed by atoms with Crippen molar-refractivity contribution < 1.29 is 18.7 Å². The van der Waals surface area contributed by atoms with Crippen LogP contribution in [0.4, 0.5) is 10.1 Å². The van der Waals surface area contributed by atoms with Crippen LogP contribution in [0.5, 0.6) is 0 Å². The second-order valence-corrected chi connectivity index (χ2v) is 9.12. The number of hydrogen-bond donors (Lipinski definition) is 2. The monoisotopic (exact) mass is 483 g/mol. The van der Waals surface area contributed by atoms with E-state index in [-0.39, 0.29) is 30.2 Å². The molecule has 2 amide bonds. The van der Waals surface area contributed by atoms with Crippen molar-refractivity contribution in [2.24, 2.45) is 0 Å². The minimum Gasteiger partial charge on any atom is -0.364 e. The van der Waals surface area contributed by atoms with Crippen molar-refractivity contribution in [2.45, 2.75) is 32.0 Å². The Morgan fingerprint density at radius 1 is 1.09 bits per heavy atom. The number of nitrogens with one attached hydrogen (secondary N) is 2. The number of carbonyl (C=O) groups excluding carboxylic acids is 2. The molecule has 3 aromatic rings. The Bertz CT molecular complexity index is 1100. The van der Waals surface area contributed by atoms with Crippen LogP contribution in [0.1, 0.15) is 33.2 Å². The van der Waals surface area contributed by atoms with Gasteiger partial charge in [-0.2, -0.15) is 0 Å². The summed E-state index contributed by atoms with van der Waals surface area (Å²) >= 11 is 1.06. The van der Waals surface area contributed by atoms with E-state index in [4.69, 9.17) is 4.74 Å². The normalized spacial score (nSPS) is 14.6. The topological polar surface area (TPSA) is 96.5 Å². The predicted molar refractivity (Wildman–Crippen MR) is 127 cm³/mol. The van der Waals surface area contributed by atoms with Gasteiger partial charge in [0.2, 0.25) is 10.9 Å². The van der Waals surface area contributed by atoms with Crippen molar-refractivity contribution >= 4 is 28.8 Å². The number of benzene rings is 2.